The molecule has 1 rings (SSSR count). The molecule has 0 saturated carbocycles. The van der Waals surface area contributed by atoms with E-state index in [4.69, 9.17) is 11.6 Å². The molecule has 3 heteroatoms. The highest BCUT2D eigenvalue weighted by Gasteiger charge is 2.13. The monoisotopic (exact) mass is 271 g/mol. The highest BCUT2D eigenvalue weighted by atomic mass is 35.5. The summed E-state index contributed by atoms with van der Waals surface area (Å²) in [6.07, 6.45) is 0. The van der Waals surface area contributed by atoms with E-state index in [1.165, 1.54) is 10.5 Å². The van der Waals surface area contributed by atoms with Crippen LogP contribution in [0.25, 0.3) is 0 Å². The van der Waals surface area contributed by atoms with Crippen LogP contribution in [0.5, 0.6) is 0 Å². The average molecular weight is 272 g/mol. The Morgan fingerprint density at radius 1 is 1.29 bits per heavy atom. The summed E-state index contributed by atoms with van der Waals surface area (Å²) in [4.78, 5) is 1.28. The lowest BCUT2D eigenvalue weighted by molar-refractivity contribution is 0.422. The molecule has 0 atom stereocenters. The summed E-state index contributed by atoms with van der Waals surface area (Å²) in [5.41, 5.74) is 1.32. The quantitative estimate of drug-likeness (QED) is 0.795. The van der Waals surface area contributed by atoms with E-state index in [9.17, 15) is 0 Å². The summed E-state index contributed by atoms with van der Waals surface area (Å²) < 4.78 is 0. The Labute approximate surface area is 114 Å². The van der Waals surface area contributed by atoms with Gasteiger partial charge >= 0.3 is 0 Å². The number of rotatable bonds is 4. The predicted molar refractivity (Wildman–Crippen MR) is 79.0 cm³/mol. The molecule has 96 valence electrons. The minimum Gasteiger partial charge on any atom is -0.308 e. The summed E-state index contributed by atoms with van der Waals surface area (Å²) in [6, 6.07) is 6.13. The summed E-state index contributed by atoms with van der Waals surface area (Å²) in [7, 11) is 0. The van der Waals surface area contributed by atoms with Gasteiger partial charge in [-0.25, -0.2) is 0 Å². The van der Waals surface area contributed by atoms with E-state index in [1.807, 2.05) is 23.9 Å². The highest BCUT2D eigenvalue weighted by molar-refractivity contribution is 8.00. The zero-order valence-corrected chi connectivity index (χ0v) is 12.9. The molecule has 1 aromatic carbocycles. The molecular formula is C14H22ClNS. The molecule has 1 aromatic rings. The largest absolute Gasteiger partial charge is 0.308 e. The number of hydrogen-bond donors (Lipinski definition) is 1. The number of benzene rings is 1. The molecule has 0 aliphatic rings. The summed E-state index contributed by atoms with van der Waals surface area (Å²) in [5.74, 6) is 0. The number of thioether (sulfide) groups is 1. The molecule has 17 heavy (non-hydrogen) atoms. The van der Waals surface area contributed by atoms with E-state index in [1.54, 1.807) is 0 Å². The van der Waals surface area contributed by atoms with Crippen molar-refractivity contribution in [1.29, 1.82) is 0 Å². The van der Waals surface area contributed by atoms with Crippen molar-refractivity contribution in [3.8, 4) is 0 Å². The van der Waals surface area contributed by atoms with Crippen LogP contribution in [0.1, 0.15) is 40.2 Å². The lowest BCUT2D eigenvalue weighted by Gasteiger charge is -2.22. The molecule has 0 aromatic heterocycles. The van der Waals surface area contributed by atoms with Gasteiger partial charge in [0.05, 0.1) is 0 Å². The second-order valence-corrected chi connectivity index (χ2v) is 7.51. The van der Waals surface area contributed by atoms with Crippen LogP contribution < -0.4 is 5.32 Å². The third kappa shape index (κ3) is 5.33. The molecule has 0 spiro atoms. The van der Waals surface area contributed by atoms with Crippen LogP contribution in [0.4, 0.5) is 0 Å². The van der Waals surface area contributed by atoms with Crippen molar-refractivity contribution in [2.24, 2.45) is 0 Å². The number of halogens is 1. The lowest BCUT2D eigenvalue weighted by atomic mass is 10.1. The Bertz CT molecular complexity index is 369. The van der Waals surface area contributed by atoms with Crippen LogP contribution in [0, 0.1) is 0 Å². The average Bonchev–Trinajstić information content (AvgIpc) is 2.14. The Kier molecular flexibility index (Phi) is 5.36. The van der Waals surface area contributed by atoms with Crippen molar-refractivity contribution in [3.05, 3.63) is 28.8 Å². The van der Waals surface area contributed by atoms with Gasteiger partial charge in [-0.3, -0.25) is 0 Å². The molecule has 0 heterocycles. The van der Waals surface area contributed by atoms with Crippen molar-refractivity contribution in [1.82, 2.24) is 5.32 Å². The second kappa shape index (κ2) is 6.12. The van der Waals surface area contributed by atoms with Gasteiger partial charge in [0.25, 0.3) is 0 Å². The van der Waals surface area contributed by atoms with Gasteiger partial charge in [0.2, 0.25) is 0 Å². The second-order valence-electron chi connectivity index (χ2n) is 5.49. The van der Waals surface area contributed by atoms with Crippen LogP contribution in [0.15, 0.2) is 23.1 Å². The predicted octanol–water partition coefficient (Wildman–Crippen LogP) is 4.73. The Morgan fingerprint density at radius 2 is 1.94 bits per heavy atom. The van der Waals surface area contributed by atoms with Gasteiger partial charge in [-0.05, 0) is 38.5 Å². The van der Waals surface area contributed by atoms with Gasteiger partial charge in [-0.1, -0.05) is 31.5 Å². The standard InChI is InChI=1S/C14H22ClNS/c1-10(2)17-13-8-6-7-12(15)11(13)9-16-14(3,4)5/h6-8,10,16H,9H2,1-5H3. The van der Waals surface area contributed by atoms with Crippen LogP contribution in [-0.2, 0) is 6.54 Å². The normalized spacial score (nSPS) is 12.2. The number of nitrogens with one attached hydrogen (secondary N) is 1. The zero-order chi connectivity index (χ0) is 13.1. The Balaban J connectivity index is 2.88. The van der Waals surface area contributed by atoms with Gasteiger partial charge in [0.1, 0.15) is 0 Å². The maximum absolute atomic E-state index is 6.29. The van der Waals surface area contributed by atoms with E-state index in [0.717, 1.165) is 11.6 Å². The molecule has 0 amide bonds. The maximum atomic E-state index is 6.29. The fraction of sp³-hybridized carbons (Fsp3) is 0.571. The number of hydrogen-bond acceptors (Lipinski definition) is 2. The van der Waals surface area contributed by atoms with Gasteiger partial charge in [0.15, 0.2) is 0 Å². The third-order valence-electron chi connectivity index (χ3n) is 2.23. The molecule has 1 N–H and O–H groups in total. The zero-order valence-electron chi connectivity index (χ0n) is 11.3. The first-order valence-electron chi connectivity index (χ1n) is 5.98. The van der Waals surface area contributed by atoms with E-state index in [-0.39, 0.29) is 5.54 Å². The fourth-order valence-electron chi connectivity index (χ4n) is 1.43. The molecule has 1 nitrogen and oxygen atoms in total. The van der Waals surface area contributed by atoms with E-state index in [0.29, 0.717) is 5.25 Å². The van der Waals surface area contributed by atoms with E-state index < -0.39 is 0 Å². The first-order chi connectivity index (χ1) is 7.79. The van der Waals surface area contributed by atoms with Crippen molar-refractivity contribution < 1.29 is 0 Å². The fourth-order valence-corrected chi connectivity index (χ4v) is 2.72. The van der Waals surface area contributed by atoms with Crippen molar-refractivity contribution in [3.63, 3.8) is 0 Å². The summed E-state index contributed by atoms with van der Waals surface area (Å²) >= 11 is 8.15. The van der Waals surface area contributed by atoms with Crippen LogP contribution in [0.3, 0.4) is 0 Å². The topological polar surface area (TPSA) is 12.0 Å². The van der Waals surface area contributed by atoms with E-state index in [2.05, 4.69) is 46.0 Å². The molecule has 0 fully saturated rings. The van der Waals surface area contributed by atoms with E-state index >= 15 is 0 Å². The first kappa shape index (κ1) is 14.9. The minimum absolute atomic E-state index is 0.110. The van der Waals surface area contributed by atoms with Gasteiger partial charge in [-0.2, -0.15) is 0 Å². The lowest BCUT2D eigenvalue weighted by Crippen LogP contribution is -2.35. The Morgan fingerprint density at radius 3 is 2.47 bits per heavy atom. The van der Waals surface area contributed by atoms with Gasteiger partial charge < -0.3 is 5.32 Å². The SMILES string of the molecule is CC(C)Sc1cccc(Cl)c1CNC(C)(C)C. The van der Waals surface area contributed by atoms with Crippen molar-refractivity contribution in [2.45, 2.75) is 56.8 Å². The van der Waals surface area contributed by atoms with Crippen molar-refractivity contribution in [2.75, 3.05) is 0 Å². The molecule has 0 bridgehead atoms. The van der Waals surface area contributed by atoms with Gasteiger partial charge in [0, 0.05) is 27.3 Å². The molecule has 0 aliphatic carbocycles. The first-order valence-corrected chi connectivity index (χ1v) is 7.24. The smallest absolute Gasteiger partial charge is 0.0462 e. The van der Waals surface area contributed by atoms with Gasteiger partial charge in [-0.15, -0.1) is 11.8 Å². The van der Waals surface area contributed by atoms with Crippen LogP contribution in [0.2, 0.25) is 5.02 Å². The maximum Gasteiger partial charge on any atom is 0.0462 e. The molecule has 0 saturated heterocycles. The highest BCUT2D eigenvalue weighted by Crippen LogP contribution is 2.31. The minimum atomic E-state index is 0.110. The molecule has 0 aliphatic heterocycles. The van der Waals surface area contributed by atoms with Crippen molar-refractivity contribution >= 4 is 23.4 Å². The third-order valence-corrected chi connectivity index (χ3v) is 3.70. The molecule has 0 unspecified atom stereocenters. The van der Waals surface area contributed by atoms with Crippen LogP contribution >= 0.6 is 23.4 Å². The summed E-state index contributed by atoms with van der Waals surface area (Å²) in [5, 5.41) is 4.92. The molecular weight excluding hydrogens is 250 g/mol. The molecule has 0 radical (unpaired) electrons. The van der Waals surface area contributed by atoms with Crippen LogP contribution in [-0.4, -0.2) is 10.8 Å². The Hall–Kier alpha value is -0.180. The summed E-state index contributed by atoms with van der Waals surface area (Å²) in [6.45, 7) is 11.7.